The molecule has 2 aliphatic rings. The number of hydrogen-bond donors (Lipinski definition) is 0. The predicted molar refractivity (Wildman–Crippen MR) is 36.7 cm³/mol. The summed E-state index contributed by atoms with van der Waals surface area (Å²) in [5.74, 6) is 0.692. The minimum absolute atomic E-state index is 0.00463. The monoisotopic (exact) mass is 120 g/mol. The van der Waals surface area contributed by atoms with Crippen molar-refractivity contribution in [1.82, 2.24) is 0 Å². The average Bonchev–Trinajstić information content (AvgIpc) is 2.33. The topological polar surface area (TPSA) is 49.4 Å². The largest absolute Gasteiger partial charge is 0.274 e. The number of amidine groups is 1. The number of nitrogens with zero attached hydrogens (tertiary/aromatic N) is 4. The Kier molecular flexibility index (Phi) is 0.798. The first-order valence-corrected chi connectivity index (χ1v) is 2.64. The molecule has 2 rings (SSSR count). The van der Waals surface area contributed by atoms with Crippen molar-refractivity contribution in [1.29, 1.82) is 0 Å². The summed E-state index contributed by atoms with van der Waals surface area (Å²) in [6.45, 7) is 0. The van der Waals surface area contributed by atoms with Gasteiger partial charge in [-0.2, -0.15) is 5.10 Å². The molecule has 0 radical (unpaired) electrons. The van der Waals surface area contributed by atoms with Crippen molar-refractivity contribution in [3.63, 3.8) is 0 Å². The molecule has 0 unspecified atom stereocenters. The van der Waals surface area contributed by atoms with Crippen LogP contribution in [0.4, 0.5) is 0 Å². The molecule has 0 amide bonds. The lowest BCUT2D eigenvalue weighted by Crippen LogP contribution is -2.18. The van der Waals surface area contributed by atoms with E-state index in [1.54, 1.807) is 18.6 Å². The summed E-state index contributed by atoms with van der Waals surface area (Å²) in [6, 6.07) is -0.00463. The van der Waals surface area contributed by atoms with Crippen molar-refractivity contribution in [2.45, 2.75) is 6.04 Å². The second-order valence-electron chi connectivity index (χ2n) is 1.74. The van der Waals surface area contributed by atoms with Crippen LogP contribution in [0, 0.1) is 0 Å². The molecular weight excluding hydrogens is 116 g/mol. The summed E-state index contributed by atoms with van der Waals surface area (Å²) in [4.78, 5) is 7.98. The Balaban J connectivity index is 2.40. The maximum Gasteiger partial charge on any atom is 0.181 e. The van der Waals surface area contributed by atoms with E-state index < -0.39 is 0 Å². The van der Waals surface area contributed by atoms with Crippen LogP contribution in [0.5, 0.6) is 0 Å². The highest BCUT2D eigenvalue weighted by Gasteiger charge is 2.16. The molecule has 0 bridgehead atoms. The Morgan fingerprint density at radius 2 is 2.33 bits per heavy atom. The molecule has 0 saturated heterocycles. The van der Waals surface area contributed by atoms with Crippen molar-refractivity contribution >= 4 is 24.5 Å². The van der Waals surface area contributed by atoms with E-state index in [0.29, 0.717) is 5.84 Å². The molecule has 1 atom stereocenters. The first-order valence-electron chi connectivity index (χ1n) is 2.64. The van der Waals surface area contributed by atoms with Gasteiger partial charge in [0, 0.05) is 12.4 Å². The molecule has 0 aromatic heterocycles. The van der Waals surface area contributed by atoms with Crippen molar-refractivity contribution < 1.29 is 0 Å². The fourth-order valence-corrected chi connectivity index (χ4v) is 0.730. The number of rotatable bonds is 0. The van der Waals surface area contributed by atoms with Crippen LogP contribution < -0.4 is 0 Å². The summed E-state index contributed by atoms with van der Waals surface area (Å²) in [7, 11) is 0. The van der Waals surface area contributed by atoms with E-state index >= 15 is 0 Å². The fourth-order valence-electron chi connectivity index (χ4n) is 0.730. The summed E-state index contributed by atoms with van der Waals surface area (Å²) in [6.07, 6.45) is 4.94. The molecule has 0 aromatic carbocycles. The zero-order valence-electron chi connectivity index (χ0n) is 4.60. The van der Waals surface area contributed by atoms with Gasteiger partial charge in [0.2, 0.25) is 0 Å². The van der Waals surface area contributed by atoms with E-state index in [1.807, 2.05) is 0 Å². The lowest BCUT2D eigenvalue weighted by atomic mass is 10.3. The van der Waals surface area contributed by atoms with Gasteiger partial charge in [0.15, 0.2) is 5.84 Å². The van der Waals surface area contributed by atoms with E-state index in [1.165, 1.54) is 0 Å². The van der Waals surface area contributed by atoms with Crippen LogP contribution in [0.25, 0.3) is 0 Å². The Bertz CT molecular complexity index is 235. The molecule has 0 aromatic rings. The van der Waals surface area contributed by atoms with Crippen LogP contribution in [0.1, 0.15) is 0 Å². The fraction of sp³-hybridized carbons (Fsp3) is 0.200. The van der Waals surface area contributed by atoms with E-state index in [0.717, 1.165) is 0 Å². The molecular formula is C5H4N4. The summed E-state index contributed by atoms with van der Waals surface area (Å²) < 4.78 is 0. The van der Waals surface area contributed by atoms with E-state index in [-0.39, 0.29) is 6.04 Å². The van der Waals surface area contributed by atoms with Gasteiger partial charge in [-0.15, -0.1) is 5.10 Å². The van der Waals surface area contributed by atoms with Gasteiger partial charge in [-0.1, -0.05) is 0 Å². The second kappa shape index (κ2) is 1.58. The maximum atomic E-state index is 4.04. The third-order valence-electron chi connectivity index (χ3n) is 1.15. The normalized spacial score (nSPS) is 28.4. The zero-order chi connectivity index (χ0) is 6.10. The molecule has 0 saturated carbocycles. The highest BCUT2D eigenvalue weighted by atomic mass is 15.3. The first-order chi connectivity index (χ1) is 4.47. The summed E-state index contributed by atoms with van der Waals surface area (Å²) in [5, 5.41) is 7.40. The number of aliphatic imine (C=N–C) groups is 2. The van der Waals surface area contributed by atoms with Crippen LogP contribution in [-0.2, 0) is 0 Å². The standard InChI is InChI=1S/C5H4N4/c1-2-7-5-4(6-1)3-8-9-5/h1-4H/t4-/m1/s1. The molecule has 2 aliphatic heterocycles. The van der Waals surface area contributed by atoms with Gasteiger partial charge in [0.25, 0.3) is 0 Å². The summed E-state index contributed by atoms with van der Waals surface area (Å²) >= 11 is 0. The molecule has 9 heavy (non-hydrogen) atoms. The van der Waals surface area contributed by atoms with E-state index in [2.05, 4.69) is 20.2 Å². The van der Waals surface area contributed by atoms with Crippen molar-refractivity contribution in [2.75, 3.05) is 0 Å². The Morgan fingerprint density at radius 3 is 3.22 bits per heavy atom. The third-order valence-corrected chi connectivity index (χ3v) is 1.15. The van der Waals surface area contributed by atoms with Gasteiger partial charge in [-0.05, 0) is 0 Å². The Labute approximate surface area is 51.7 Å². The van der Waals surface area contributed by atoms with Crippen molar-refractivity contribution in [3.05, 3.63) is 0 Å². The van der Waals surface area contributed by atoms with Gasteiger partial charge < -0.3 is 0 Å². The minimum Gasteiger partial charge on any atom is -0.274 e. The predicted octanol–water partition coefficient (Wildman–Crippen LogP) is -0.0919. The highest BCUT2D eigenvalue weighted by Crippen LogP contribution is 2.03. The van der Waals surface area contributed by atoms with E-state index in [9.17, 15) is 0 Å². The minimum atomic E-state index is -0.00463. The Hall–Kier alpha value is -1.32. The van der Waals surface area contributed by atoms with E-state index in [4.69, 9.17) is 0 Å². The van der Waals surface area contributed by atoms with Gasteiger partial charge in [-0.25, -0.2) is 4.99 Å². The zero-order valence-corrected chi connectivity index (χ0v) is 4.60. The van der Waals surface area contributed by atoms with Crippen LogP contribution in [0.2, 0.25) is 0 Å². The first kappa shape index (κ1) is 4.55. The van der Waals surface area contributed by atoms with Crippen molar-refractivity contribution in [2.24, 2.45) is 20.2 Å². The summed E-state index contributed by atoms with van der Waals surface area (Å²) in [5.41, 5.74) is 0. The van der Waals surface area contributed by atoms with Gasteiger partial charge in [0.1, 0.15) is 6.04 Å². The average molecular weight is 120 g/mol. The highest BCUT2D eigenvalue weighted by molar-refractivity contribution is 6.25. The Morgan fingerprint density at radius 1 is 1.33 bits per heavy atom. The maximum absolute atomic E-state index is 4.04. The third kappa shape index (κ3) is 0.595. The van der Waals surface area contributed by atoms with Crippen LogP contribution in [0.3, 0.4) is 0 Å². The smallest absolute Gasteiger partial charge is 0.181 e. The lowest BCUT2D eigenvalue weighted by molar-refractivity contribution is 1.16. The molecule has 4 heteroatoms. The van der Waals surface area contributed by atoms with Crippen LogP contribution in [0.15, 0.2) is 20.2 Å². The van der Waals surface area contributed by atoms with Gasteiger partial charge in [0.05, 0.1) is 6.21 Å². The number of hydrogen-bond acceptors (Lipinski definition) is 4. The van der Waals surface area contributed by atoms with Crippen LogP contribution >= 0.6 is 0 Å². The molecule has 0 spiro atoms. The molecule has 0 fully saturated rings. The SMILES string of the molecule is C1=NN=C2N=CC=N[C@H]12. The van der Waals surface area contributed by atoms with Gasteiger partial charge >= 0.3 is 0 Å². The molecule has 4 nitrogen and oxygen atoms in total. The molecule has 0 N–H and O–H groups in total. The molecule has 44 valence electrons. The molecule has 2 heterocycles. The quantitative estimate of drug-likeness (QED) is 0.429. The lowest BCUT2D eigenvalue weighted by Gasteiger charge is -2.00. The van der Waals surface area contributed by atoms with Crippen LogP contribution in [-0.4, -0.2) is 30.5 Å². The van der Waals surface area contributed by atoms with Gasteiger partial charge in [-0.3, -0.25) is 4.99 Å². The molecule has 0 aliphatic carbocycles. The second-order valence-corrected chi connectivity index (χ2v) is 1.74. The number of fused-ring (bicyclic) bond motifs is 1. The van der Waals surface area contributed by atoms with Crippen molar-refractivity contribution in [3.8, 4) is 0 Å².